The predicted octanol–water partition coefficient (Wildman–Crippen LogP) is 0.994. The lowest BCUT2D eigenvalue weighted by atomic mass is 10.3. The quantitative estimate of drug-likeness (QED) is 0.793. The summed E-state index contributed by atoms with van der Waals surface area (Å²) < 4.78 is 5.84. The number of nitrogens with zero attached hydrogens (tertiary/aromatic N) is 1. The number of esters is 1. The minimum Gasteiger partial charge on any atom is -0.464 e. The van der Waals surface area contributed by atoms with E-state index in [2.05, 4.69) is 15.2 Å². The third kappa shape index (κ3) is 2.13. The van der Waals surface area contributed by atoms with Crippen LogP contribution in [0.1, 0.15) is 10.5 Å². The average molecular weight is 247 g/mol. The third-order valence-electron chi connectivity index (χ3n) is 2.52. The van der Waals surface area contributed by atoms with Crippen LogP contribution in [0.2, 0.25) is 0 Å². The summed E-state index contributed by atoms with van der Waals surface area (Å²) in [4.78, 5) is 23.1. The molecule has 0 aliphatic carbocycles. The van der Waals surface area contributed by atoms with Gasteiger partial charge in [0.05, 0.1) is 12.8 Å². The number of anilines is 1. The van der Waals surface area contributed by atoms with Crippen molar-refractivity contribution in [3.05, 3.63) is 46.4 Å². The molecule has 94 valence electrons. The molecule has 0 radical (unpaired) electrons. The third-order valence-corrected chi connectivity index (χ3v) is 2.52. The number of carbonyl (C=O) groups excluding carboxylic acids is 1. The van der Waals surface area contributed by atoms with Crippen LogP contribution in [0.25, 0.3) is 5.69 Å². The second-order valence-electron chi connectivity index (χ2n) is 3.64. The van der Waals surface area contributed by atoms with Gasteiger partial charge in [0.2, 0.25) is 0 Å². The number of H-pyrrole nitrogens is 1. The van der Waals surface area contributed by atoms with Gasteiger partial charge in [-0.05, 0) is 18.2 Å². The second-order valence-corrected chi connectivity index (χ2v) is 3.64. The van der Waals surface area contributed by atoms with Gasteiger partial charge in [-0.15, -0.1) is 0 Å². The smallest absolute Gasteiger partial charge is 0.356 e. The number of aromatic nitrogens is 2. The zero-order valence-electron chi connectivity index (χ0n) is 10.1. The molecule has 1 aromatic carbocycles. The summed E-state index contributed by atoms with van der Waals surface area (Å²) in [7, 11) is 3.05. The van der Waals surface area contributed by atoms with Crippen molar-refractivity contribution in [3.63, 3.8) is 0 Å². The van der Waals surface area contributed by atoms with Crippen molar-refractivity contribution in [3.8, 4) is 5.69 Å². The number of ether oxygens (including phenoxy) is 1. The van der Waals surface area contributed by atoms with E-state index in [1.807, 2.05) is 12.1 Å². The fourth-order valence-electron chi connectivity index (χ4n) is 1.60. The number of carbonyl (C=O) groups is 1. The van der Waals surface area contributed by atoms with Crippen LogP contribution in [-0.4, -0.2) is 29.9 Å². The molecule has 18 heavy (non-hydrogen) atoms. The molecule has 2 N–H and O–H groups in total. The Bertz CT molecular complexity index is 627. The molecule has 0 fully saturated rings. The van der Waals surface area contributed by atoms with Gasteiger partial charge in [-0.3, -0.25) is 9.89 Å². The van der Waals surface area contributed by atoms with Crippen LogP contribution in [-0.2, 0) is 4.74 Å². The summed E-state index contributed by atoms with van der Waals surface area (Å²) in [6, 6.07) is 8.45. The summed E-state index contributed by atoms with van der Waals surface area (Å²) in [5.74, 6) is -0.573. The normalized spacial score (nSPS) is 10.1. The van der Waals surface area contributed by atoms with E-state index in [0.717, 1.165) is 5.69 Å². The average Bonchev–Trinajstić information content (AvgIpc) is 2.80. The molecule has 1 heterocycles. The molecular formula is C12H13N3O3. The molecule has 0 spiro atoms. The topological polar surface area (TPSA) is 76.1 Å². The minimum atomic E-state index is -0.573. The standard InChI is InChI=1S/C12H13N3O3/c1-13-8-4-3-5-9(6-8)15-11(16)7-10(14-15)12(17)18-2/h3-7,13-14H,1-2H3. The lowest BCUT2D eigenvalue weighted by Crippen LogP contribution is -2.13. The zero-order valence-corrected chi connectivity index (χ0v) is 10.1. The Morgan fingerprint density at radius 1 is 1.39 bits per heavy atom. The van der Waals surface area contributed by atoms with Gasteiger partial charge in [0, 0.05) is 18.8 Å². The first-order valence-corrected chi connectivity index (χ1v) is 5.34. The fraction of sp³-hybridized carbons (Fsp3) is 0.167. The summed E-state index contributed by atoms with van der Waals surface area (Å²) in [6.07, 6.45) is 0. The Morgan fingerprint density at radius 2 is 2.17 bits per heavy atom. The van der Waals surface area contributed by atoms with Crippen molar-refractivity contribution in [2.75, 3.05) is 19.5 Å². The van der Waals surface area contributed by atoms with Crippen LogP contribution in [0.3, 0.4) is 0 Å². The first kappa shape index (κ1) is 12.0. The molecule has 1 aromatic heterocycles. The lowest BCUT2D eigenvalue weighted by Gasteiger charge is -2.04. The van der Waals surface area contributed by atoms with E-state index >= 15 is 0 Å². The van der Waals surface area contributed by atoms with Gasteiger partial charge in [0.1, 0.15) is 5.69 Å². The molecular weight excluding hydrogens is 234 g/mol. The summed E-state index contributed by atoms with van der Waals surface area (Å²) in [5, 5.41) is 5.68. The first-order valence-electron chi connectivity index (χ1n) is 5.34. The Labute approximate surface area is 103 Å². The van der Waals surface area contributed by atoms with E-state index in [-0.39, 0.29) is 11.3 Å². The molecule has 0 unspecified atom stereocenters. The monoisotopic (exact) mass is 247 g/mol. The highest BCUT2D eigenvalue weighted by molar-refractivity contribution is 5.86. The van der Waals surface area contributed by atoms with Crippen LogP contribution in [0.15, 0.2) is 35.1 Å². The number of hydrogen-bond acceptors (Lipinski definition) is 4. The Hall–Kier alpha value is -2.50. The number of methoxy groups -OCH3 is 1. The Morgan fingerprint density at radius 3 is 2.83 bits per heavy atom. The number of nitrogens with one attached hydrogen (secondary N) is 2. The van der Waals surface area contributed by atoms with Gasteiger partial charge in [-0.25, -0.2) is 9.48 Å². The van der Waals surface area contributed by atoms with E-state index in [4.69, 9.17) is 0 Å². The van der Waals surface area contributed by atoms with Crippen molar-refractivity contribution in [1.82, 2.24) is 9.78 Å². The number of benzene rings is 1. The minimum absolute atomic E-state index is 0.123. The van der Waals surface area contributed by atoms with E-state index in [0.29, 0.717) is 5.69 Å². The largest absolute Gasteiger partial charge is 0.464 e. The summed E-state index contributed by atoms with van der Waals surface area (Å²) >= 11 is 0. The number of aromatic amines is 1. The molecule has 0 saturated carbocycles. The highest BCUT2D eigenvalue weighted by Crippen LogP contribution is 2.12. The first-order chi connectivity index (χ1) is 8.65. The molecule has 0 aliphatic heterocycles. The maximum Gasteiger partial charge on any atom is 0.356 e. The van der Waals surface area contributed by atoms with E-state index in [9.17, 15) is 9.59 Å². The molecule has 6 heteroatoms. The molecule has 0 atom stereocenters. The lowest BCUT2D eigenvalue weighted by molar-refractivity contribution is 0.0593. The second kappa shape index (κ2) is 4.79. The van der Waals surface area contributed by atoms with E-state index in [1.165, 1.54) is 17.9 Å². The molecule has 0 saturated heterocycles. The maximum atomic E-state index is 11.8. The van der Waals surface area contributed by atoms with Crippen molar-refractivity contribution >= 4 is 11.7 Å². The molecule has 2 aromatic rings. The van der Waals surface area contributed by atoms with Crippen LogP contribution in [0.4, 0.5) is 5.69 Å². The van der Waals surface area contributed by atoms with Gasteiger partial charge in [0.25, 0.3) is 5.56 Å². The van der Waals surface area contributed by atoms with Crippen LogP contribution >= 0.6 is 0 Å². The van der Waals surface area contributed by atoms with Gasteiger partial charge in [0.15, 0.2) is 0 Å². The van der Waals surface area contributed by atoms with Crippen LogP contribution in [0, 0.1) is 0 Å². The number of hydrogen-bond donors (Lipinski definition) is 2. The van der Waals surface area contributed by atoms with Gasteiger partial charge < -0.3 is 10.1 Å². The van der Waals surface area contributed by atoms with Crippen molar-refractivity contribution in [2.45, 2.75) is 0 Å². The van der Waals surface area contributed by atoms with Crippen LogP contribution < -0.4 is 10.9 Å². The zero-order chi connectivity index (χ0) is 13.1. The van der Waals surface area contributed by atoms with Crippen molar-refractivity contribution in [1.29, 1.82) is 0 Å². The Kier molecular flexibility index (Phi) is 3.18. The molecule has 0 aliphatic rings. The van der Waals surface area contributed by atoms with Gasteiger partial charge in [-0.1, -0.05) is 6.07 Å². The van der Waals surface area contributed by atoms with E-state index < -0.39 is 5.97 Å². The summed E-state index contributed by atoms with van der Waals surface area (Å²) in [6.45, 7) is 0. The van der Waals surface area contributed by atoms with E-state index in [1.54, 1.807) is 19.2 Å². The SMILES string of the molecule is CNc1cccc(-n2[nH]c(C(=O)OC)cc2=O)c1. The molecule has 0 amide bonds. The fourth-order valence-corrected chi connectivity index (χ4v) is 1.60. The van der Waals surface area contributed by atoms with Crippen molar-refractivity contribution < 1.29 is 9.53 Å². The summed E-state index contributed by atoms with van der Waals surface area (Å²) in [5.41, 5.74) is 1.32. The van der Waals surface area contributed by atoms with Gasteiger partial charge >= 0.3 is 5.97 Å². The highest BCUT2D eigenvalue weighted by Gasteiger charge is 2.12. The molecule has 2 rings (SSSR count). The number of rotatable bonds is 3. The van der Waals surface area contributed by atoms with Gasteiger partial charge in [-0.2, -0.15) is 0 Å². The molecule has 6 nitrogen and oxygen atoms in total. The Balaban J connectivity index is 2.47. The highest BCUT2D eigenvalue weighted by atomic mass is 16.5. The van der Waals surface area contributed by atoms with Crippen molar-refractivity contribution in [2.24, 2.45) is 0 Å². The predicted molar refractivity (Wildman–Crippen MR) is 67.3 cm³/mol. The van der Waals surface area contributed by atoms with Crippen LogP contribution in [0.5, 0.6) is 0 Å². The maximum absolute atomic E-state index is 11.8. The molecule has 0 bridgehead atoms.